The van der Waals surface area contributed by atoms with Gasteiger partial charge in [-0.3, -0.25) is 4.79 Å². The molecule has 3 nitrogen and oxygen atoms in total. The molecule has 0 fully saturated rings. The molecule has 0 aliphatic rings. The second kappa shape index (κ2) is 5.01. The van der Waals surface area contributed by atoms with Crippen LogP contribution in [0.25, 0.3) is 0 Å². The molecule has 0 heterocycles. The van der Waals surface area contributed by atoms with Crippen molar-refractivity contribution in [2.45, 2.75) is 0 Å². The van der Waals surface area contributed by atoms with E-state index in [9.17, 15) is 18.0 Å². The lowest BCUT2D eigenvalue weighted by Crippen LogP contribution is -2.16. The second-order valence-corrected chi connectivity index (χ2v) is 3.71. The van der Waals surface area contributed by atoms with Crippen LogP contribution in [0.2, 0.25) is 0 Å². The van der Waals surface area contributed by atoms with Crippen molar-refractivity contribution in [1.82, 2.24) is 0 Å². The molecular formula is C13H8F3NO2. The van der Waals surface area contributed by atoms with Gasteiger partial charge in [-0.15, -0.1) is 0 Å². The van der Waals surface area contributed by atoms with Crippen LogP contribution < -0.4 is 5.32 Å². The Morgan fingerprint density at radius 1 is 1.00 bits per heavy atom. The predicted octanol–water partition coefficient (Wildman–Crippen LogP) is 3.06. The van der Waals surface area contributed by atoms with E-state index in [1.165, 1.54) is 0 Å². The third kappa shape index (κ3) is 2.67. The minimum atomic E-state index is -1.11. The van der Waals surface area contributed by atoms with E-state index in [2.05, 4.69) is 0 Å². The zero-order valence-electron chi connectivity index (χ0n) is 9.45. The summed E-state index contributed by atoms with van der Waals surface area (Å²) in [5.41, 5.74) is -1.08. The Hall–Kier alpha value is -2.50. The number of aromatic hydroxyl groups is 1. The van der Waals surface area contributed by atoms with Gasteiger partial charge in [0.2, 0.25) is 0 Å². The zero-order chi connectivity index (χ0) is 14.0. The molecular weight excluding hydrogens is 259 g/mol. The van der Waals surface area contributed by atoms with Gasteiger partial charge in [-0.2, -0.15) is 0 Å². The van der Waals surface area contributed by atoms with Crippen LogP contribution in [-0.2, 0) is 0 Å². The summed E-state index contributed by atoms with van der Waals surface area (Å²) in [5, 5.41) is 11.0. The Labute approximate surface area is 106 Å². The van der Waals surface area contributed by atoms with E-state index in [1.54, 1.807) is 0 Å². The maximum atomic E-state index is 13.4. The Balaban J connectivity index is 2.31. The third-order valence-corrected chi connectivity index (χ3v) is 2.39. The number of phenolic OH excluding ortho intramolecular Hbond substituents is 1. The number of hydrogen-bond donors (Lipinski definition) is 2. The minimum Gasteiger partial charge on any atom is -0.508 e. The summed E-state index contributed by atoms with van der Waals surface area (Å²) in [5.74, 6) is -4.44. The molecule has 2 aromatic rings. The second-order valence-electron chi connectivity index (χ2n) is 3.71. The first-order chi connectivity index (χ1) is 8.99. The number of amides is 1. The van der Waals surface area contributed by atoms with Gasteiger partial charge in [0.15, 0.2) is 0 Å². The first-order valence-corrected chi connectivity index (χ1v) is 5.23. The molecule has 98 valence electrons. The third-order valence-electron chi connectivity index (χ3n) is 2.39. The topological polar surface area (TPSA) is 49.3 Å². The molecule has 1 amide bonds. The van der Waals surface area contributed by atoms with E-state index in [4.69, 9.17) is 5.11 Å². The number of benzene rings is 2. The molecule has 0 aromatic heterocycles. The monoisotopic (exact) mass is 267 g/mol. The summed E-state index contributed by atoms with van der Waals surface area (Å²) in [6.45, 7) is 0. The van der Waals surface area contributed by atoms with Gasteiger partial charge in [0.05, 0.1) is 5.69 Å². The number of carbonyl (C=O) groups excluding carboxylic acids is 1. The molecule has 0 spiro atoms. The van der Waals surface area contributed by atoms with Crippen molar-refractivity contribution in [2.75, 3.05) is 5.32 Å². The van der Waals surface area contributed by atoms with Crippen molar-refractivity contribution in [3.05, 3.63) is 59.4 Å². The van der Waals surface area contributed by atoms with Crippen LogP contribution in [0, 0.1) is 17.5 Å². The molecule has 0 unspecified atom stereocenters. The van der Waals surface area contributed by atoms with Gasteiger partial charge in [-0.05, 0) is 24.3 Å². The van der Waals surface area contributed by atoms with Gasteiger partial charge in [0.25, 0.3) is 5.91 Å². The highest BCUT2D eigenvalue weighted by molar-refractivity contribution is 6.04. The van der Waals surface area contributed by atoms with Gasteiger partial charge < -0.3 is 10.4 Å². The summed E-state index contributed by atoms with van der Waals surface area (Å²) < 4.78 is 40.0. The highest BCUT2D eigenvalue weighted by Gasteiger charge is 2.18. The Bertz CT molecular complexity index is 624. The summed E-state index contributed by atoms with van der Waals surface area (Å²) >= 11 is 0. The van der Waals surface area contributed by atoms with Crippen molar-refractivity contribution < 1.29 is 23.1 Å². The number of anilines is 1. The highest BCUT2D eigenvalue weighted by Crippen LogP contribution is 2.21. The lowest BCUT2D eigenvalue weighted by Gasteiger charge is -2.08. The Morgan fingerprint density at radius 2 is 1.63 bits per heavy atom. The summed E-state index contributed by atoms with van der Waals surface area (Å²) in [6, 6.07) is 5.95. The standard InChI is InChI=1S/C13H8F3NO2/c14-8-2-1-3-9(15)12(8)13(19)17-11-5-4-7(18)6-10(11)16/h1-6,18H,(H,17,19). The maximum absolute atomic E-state index is 13.4. The van der Waals surface area contributed by atoms with Crippen LogP contribution >= 0.6 is 0 Å². The van der Waals surface area contributed by atoms with Gasteiger partial charge in [0.1, 0.15) is 28.8 Å². The summed E-state index contributed by atoms with van der Waals surface area (Å²) in [4.78, 5) is 11.7. The minimum absolute atomic E-state index is 0.287. The molecule has 0 aliphatic heterocycles. The number of halogens is 3. The molecule has 2 N–H and O–H groups in total. The average molecular weight is 267 g/mol. The average Bonchev–Trinajstić information content (AvgIpc) is 2.32. The highest BCUT2D eigenvalue weighted by atomic mass is 19.1. The Kier molecular flexibility index (Phi) is 3.41. The van der Waals surface area contributed by atoms with E-state index in [0.717, 1.165) is 36.4 Å². The Morgan fingerprint density at radius 3 is 2.21 bits per heavy atom. The van der Waals surface area contributed by atoms with Crippen LogP contribution in [0.3, 0.4) is 0 Å². The van der Waals surface area contributed by atoms with Gasteiger partial charge in [-0.1, -0.05) is 6.07 Å². The molecule has 0 saturated heterocycles. The van der Waals surface area contributed by atoms with Crippen LogP contribution in [0.5, 0.6) is 5.75 Å². The number of carbonyl (C=O) groups is 1. The lowest BCUT2D eigenvalue weighted by molar-refractivity contribution is 0.101. The number of phenols is 1. The molecule has 0 radical (unpaired) electrons. The van der Waals surface area contributed by atoms with Crippen LogP contribution in [-0.4, -0.2) is 11.0 Å². The van der Waals surface area contributed by atoms with Crippen molar-refractivity contribution >= 4 is 11.6 Å². The summed E-state index contributed by atoms with van der Waals surface area (Å²) in [7, 11) is 0. The fourth-order valence-electron chi connectivity index (χ4n) is 1.50. The molecule has 0 saturated carbocycles. The molecule has 0 atom stereocenters. The van der Waals surface area contributed by atoms with Crippen molar-refractivity contribution in [3.8, 4) is 5.75 Å². The fraction of sp³-hybridized carbons (Fsp3) is 0. The van der Waals surface area contributed by atoms with E-state index < -0.39 is 28.9 Å². The maximum Gasteiger partial charge on any atom is 0.261 e. The van der Waals surface area contributed by atoms with Crippen LogP contribution in [0.15, 0.2) is 36.4 Å². The molecule has 2 rings (SSSR count). The molecule has 2 aromatic carbocycles. The van der Waals surface area contributed by atoms with E-state index >= 15 is 0 Å². The lowest BCUT2D eigenvalue weighted by atomic mass is 10.1. The van der Waals surface area contributed by atoms with Crippen molar-refractivity contribution in [2.24, 2.45) is 0 Å². The van der Waals surface area contributed by atoms with Gasteiger partial charge in [0, 0.05) is 6.07 Å². The largest absolute Gasteiger partial charge is 0.508 e. The summed E-state index contributed by atoms with van der Waals surface area (Å²) in [6.07, 6.45) is 0. The normalized spacial score (nSPS) is 10.3. The molecule has 0 aliphatic carbocycles. The quantitative estimate of drug-likeness (QED) is 0.821. The zero-order valence-corrected chi connectivity index (χ0v) is 9.45. The first kappa shape index (κ1) is 12.9. The van der Waals surface area contributed by atoms with E-state index in [0.29, 0.717) is 0 Å². The molecule has 19 heavy (non-hydrogen) atoms. The number of nitrogens with one attached hydrogen (secondary N) is 1. The number of rotatable bonds is 2. The van der Waals surface area contributed by atoms with Crippen molar-refractivity contribution in [3.63, 3.8) is 0 Å². The molecule has 0 bridgehead atoms. The SMILES string of the molecule is O=C(Nc1ccc(O)cc1F)c1c(F)cccc1F. The first-order valence-electron chi connectivity index (χ1n) is 5.23. The van der Waals surface area contributed by atoms with Crippen LogP contribution in [0.1, 0.15) is 10.4 Å². The van der Waals surface area contributed by atoms with Gasteiger partial charge >= 0.3 is 0 Å². The van der Waals surface area contributed by atoms with Crippen LogP contribution in [0.4, 0.5) is 18.9 Å². The van der Waals surface area contributed by atoms with Gasteiger partial charge in [-0.25, -0.2) is 13.2 Å². The van der Waals surface area contributed by atoms with Crippen molar-refractivity contribution in [1.29, 1.82) is 0 Å². The smallest absolute Gasteiger partial charge is 0.261 e. The number of hydrogen-bond acceptors (Lipinski definition) is 2. The fourth-order valence-corrected chi connectivity index (χ4v) is 1.50. The molecule has 6 heteroatoms. The predicted molar refractivity (Wildman–Crippen MR) is 62.4 cm³/mol. The van der Waals surface area contributed by atoms with E-state index in [1.807, 2.05) is 5.32 Å². The van der Waals surface area contributed by atoms with E-state index in [-0.39, 0.29) is 11.4 Å².